The number of nitrogens with one attached hydrogen (secondary N) is 1. The number of ether oxygens (including phenoxy) is 1. The molecule has 0 aromatic heterocycles. The van der Waals surface area contributed by atoms with Crippen LogP contribution in [0.25, 0.3) is 0 Å². The van der Waals surface area contributed by atoms with Gasteiger partial charge in [-0.15, -0.1) is 0 Å². The monoisotopic (exact) mass is 325 g/mol. The Hall–Kier alpha value is -1.61. The van der Waals surface area contributed by atoms with E-state index >= 15 is 0 Å². The van der Waals surface area contributed by atoms with Gasteiger partial charge in [0.05, 0.1) is 7.11 Å². The minimum absolute atomic E-state index is 0.00417. The number of carbonyl (C=O) groups is 1. The second kappa shape index (κ2) is 6.02. The molecule has 0 spiro atoms. The maximum Gasteiger partial charge on any atom is 0.326 e. The van der Waals surface area contributed by atoms with E-state index in [0.29, 0.717) is 0 Å². The van der Waals surface area contributed by atoms with Gasteiger partial charge >= 0.3 is 5.97 Å². The first-order valence-electron chi connectivity index (χ1n) is 5.84. The van der Waals surface area contributed by atoms with Crippen LogP contribution >= 0.6 is 0 Å². The van der Waals surface area contributed by atoms with E-state index in [0.717, 1.165) is 7.11 Å². The SMILES string of the molecule is CCC(C)(NS(=O)(=O)c1cc(F)c(F)cc1F)C(=O)OC. The standard InChI is InChI=1S/C12H14F3NO4S/c1-4-12(2,11(17)20-3)16-21(18,19)10-6-8(14)7(13)5-9(10)15/h5-6,16H,4H2,1-3H3. The molecule has 1 unspecified atom stereocenters. The van der Waals surface area contributed by atoms with Gasteiger partial charge in [0.15, 0.2) is 11.6 Å². The lowest BCUT2D eigenvalue weighted by Crippen LogP contribution is -2.52. The predicted octanol–water partition coefficient (Wildman–Crippen LogP) is 1.72. The van der Waals surface area contributed by atoms with Crippen molar-refractivity contribution in [3.05, 3.63) is 29.6 Å². The number of halogens is 3. The third kappa shape index (κ3) is 3.53. The highest BCUT2D eigenvalue weighted by atomic mass is 32.2. The lowest BCUT2D eigenvalue weighted by Gasteiger charge is -2.26. The highest BCUT2D eigenvalue weighted by molar-refractivity contribution is 7.89. The molecule has 1 aromatic rings. The fourth-order valence-corrected chi connectivity index (χ4v) is 3.05. The summed E-state index contributed by atoms with van der Waals surface area (Å²) in [6.45, 7) is 2.73. The van der Waals surface area contributed by atoms with Crippen LogP contribution in [0.5, 0.6) is 0 Å². The number of methoxy groups -OCH3 is 1. The van der Waals surface area contributed by atoms with Crippen LogP contribution in [0.3, 0.4) is 0 Å². The van der Waals surface area contributed by atoms with Crippen LogP contribution in [0, 0.1) is 17.5 Å². The molecule has 9 heteroatoms. The van der Waals surface area contributed by atoms with Gasteiger partial charge in [0.2, 0.25) is 10.0 Å². The zero-order valence-corrected chi connectivity index (χ0v) is 12.4. The van der Waals surface area contributed by atoms with Gasteiger partial charge in [-0.3, -0.25) is 4.79 Å². The van der Waals surface area contributed by atoms with E-state index in [1.807, 2.05) is 4.72 Å². The fraction of sp³-hybridized carbons (Fsp3) is 0.417. The highest BCUT2D eigenvalue weighted by Gasteiger charge is 2.38. The Morgan fingerprint density at radius 1 is 1.24 bits per heavy atom. The van der Waals surface area contributed by atoms with Gasteiger partial charge in [0.25, 0.3) is 0 Å². The van der Waals surface area contributed by atoms with Crippen LogP contribution in [-0.2, 0) is 19.6 Å². The number of benzene rings is 1. The van der Waals surface area contributed by atoms with Crippen molar-refractivity contribution in [2.75, 3.05) is 7.11 Å². The van der Waals surface area contributed by atoms with Gasteiger partial charge < -0.3 is 4.74 Å². The molecule has 0 aliphatic rings. The highest BCUT2D eigenvalue weighted by Crippen LogP contribution is 2.22. The molecule has 1 atom stereocenters. The Bertz CT molecular complexity index is 663. The normalized spacial score (nSPS) is 14.6. The smallest absolute Gasteiger partial charge is 0.326 e. The van der Waals surface area contributed by atoms with E-state index in [4.69, 9.17) is 0 Å². The molecule has 118 valence electrons. The minimum Gasteiger partial charge on any atom is -0.468 e. The first-order chi connectivity index (χ1) is 9.57. The molecular formula is C12H14F3NO4S. The fourth-order valence-electron chi connectivity index (χ4n) is 1.55. The Morgan fingerprint density at radius 3 is 2.24 bits per heavy atom. The molecule has 0 radical (unpaired) electrons. The Balaban J connectivity index is 3.30. The lowest BCUT2D eigenvalue weighted by atomic mass is 10.0. The first kappa shape index (κ1) is 17.4. The zero-order chi connectivity index (χ0) is 16.4. The van der Waals surface area contributed by atoms with Crippen molar-refractivity contribution in [1.29, 1.82) is 0 Å². The zero-order valence-electron chi connectivity index (χ0n) is 11.5. The third-order valence-corrected chi connectivity index (χ3v) is 4.58. The molecule has 0 aliphatic heterocycles. The molecule has 0 bridgehead atoms. The molecule has 0 saturated heterocycles. The van der Waals surface area contributed by atoms with Gasteiger partial charge in [0.1, 0.15) is 16.3 Å². The van der Waals surface area contributed by atoms with Crippen LogP contribution in [-0.4, -0.2) is 27.0 Å². The lowest BCUT2D eigenvalue weighted by molar-refractivity contribution is -0.147. The Kier molecular flexibility index (Phi) is 5.00. The van der Waals surface area contributed by atoms with Crippen LogP contribution in [0.2, 0.25) is 0 Å². The van der Waals surface area contributed by atoms with Gasteiger partial charge in [-0.1, -0.05) is 6.92 Å². The van der Waals surface area contributed by atoms with E-state index in [1.54, 1.807) is 0 Å². The van der Waals surface area contributed by atoms with E-state index in [1.165, 1.54) is 13.8 Å². The quantitative estimate of drug-likeness (QED) is 0.661. The molecular weight excluding hydrogens is 311 g/mol. The molecule has 1 aromatic carbocycles. The molecule has 0 saturated carbocycles. The summed E-state index contributed by atoms with van der Waals surface area (Å²) >= 11 is 0. The summed E-state index contributed by atoms with van der Waals surface area (Å²) in [7, 11) is -3.53. The van der Waals surface area contributed by atoms with Gasteiger partial charge in [-0.25, -0.2) is 21.6 Å². The molecule has 0 heterocycles. The summed E-state index contributed by atoms with van der Waals surface area (Å²) in [5.41, 5.74) is -1.66. The van der Waals surface area contributed by atoms with Crippen LogP contribution in [0.1, 0.15) is 20.3 Å². The predicted molar refractivity (Wildman–Crippen MR) is 67.3 cm³/mol. The van der Waals surface area contributed by atoms with Crippen molar-refractivity contribution in [2.45, 2.75) is 30.7 Å². The topological polar surface area (TPSA) is 72.5 Å². The van der Waals surface area contributed by atoms with Gasteiger partial charge in [-0.2, -0.15) is 4.72 Å². The average Bonchev–Trinajstić information content (AvgIpc) is 2.40. The van der Waals surface area contributed by atoms with Crippen LogP contribution in [0.15, 0.2) is 17.0 Å². The van der Waals surface area contributed by atoms with Gasteiger partial charge in [0, 0.05) is 6.07 Å². The number of sulfonamides is 1. The number of carbonyl (C=O) groups excluding carboxylic acids is 1. The molecule has 21 heavy (non-hydrogen) atoms. The summed E-state index contributed by atoms with van der Waals surface area (Å²) in [5, 5.41) is 0. The largest absolute Gasteiger partial charge is 0.468 e. The number of hydrogen-bond acceptors (Lipinski definition) is 4. The Morgan fingerprint density at radius 2 is 1.76 bits per heavy atom. The third-order valence-electron chi connectivity index (χ3n) is 2.97. The first-order valence-corrected chi connectivity index (χ1v) is 7.32. The van der Waals surface area contributed by atoms with Crippen molar-refractivity contribution >= 4 is 16.0 Å². The minimum atomic E-state index is -4.59. The molecule has 0 fully saturated rings. The van der Waals surface area contributed by atoms with Crippen molar-refractivity contribution in [3.8, 4) is 0 Å². The maximum atomic E-state index is 13.5. The summed E-state index contributed by atoms with van der Waals surface area (Å²) in [4.78, 5) is 10.5. The van der Waals surface area contributed by atoms with Crippen LogP contribution < -0.4 is 4.72 Å². The second-order valence-electron chi connectivity index (χ2n) is 4.48. The van der Waals surface area contributed by atoms with E-state index in [-0.39, 0.29) is 18.6 Å². The van der Waals surface area contributed by atoms with Crippen molar-refractivity contribution in [3.63, 3.8) is 0 Å². The van der Waals surface area contributed by atoms with Crippen molar-refractivity contribution < 1.29 is 31.1 Å². The maximum absolute atomic E-state index is 13.5. The average molecular weight is 325 g/mol. The van der Waals surface area contributed by atoms with Crippen molar-refractivity contribution in [2.24, 2.45) is 0 Å². The van der Waals surface area contributed by atoms with Crippen LogP contribution in [0.4, 0.5) is 13.2 Å². The van der Waals surface area contributed by atoms with Gasteiger partial charge in [-0.05, 0) is 19.4 Å². The summed E-state index contributed by atoms with van der Waals surface area (Å²) in [6.07, 6.45) is 0.00417. The molecule has 1 N–H and O–H groups in total. The summed E-state index contributed by atoms with van der Waals surface area (Å²) in [5.74, 6) is -5.40. The summed E-state index contributed by atoms with van der Waals surface area (Å²) in [6, 6.07) is 0.325. The van der Waals surface area contributed by atoms with E-state index in [2.05, 4.69) is 4.74 Å². The molecule has 5 nitrogen and oxygen atoms in total. The van der Waals surface area contributed by atoms with E-state index < -0.39 is 43.9 Å². The molecule has 0 amide bonds. The molecule has 1 rings (SSSR count). The number of esters is 1. The Labute approximate surface area is 120 Å². The summed E-state index contributed by atoms with van der Waals surface area (Å²) < 4.78 is 70.0. The number of hydrogen-bond donors (Lipinski definition) is 1. The second-order valence-corrected chi connectivity index (χ2v) is 6.13. The van der Waals surface area contributed by atoms with E-state index in [9.17, 15) is 26.4 Å². The number of rotatable bonds is 5. The molecule has 0 aliphatic carbocycles. The van der Waals surface area contributed by atoms with Crippen molar-refractivity contribution in [1.82, 2.24) is 4.72 Å².